The molecule has 2 unspecified atom stereocenters. The van der Waals surface area contributed by atoms with Gasteiger partial charge in [-0.25, -0.2) is 9.59 Å². The number of carbonyl (C=O) groups is 3. The van der Waals surface area contributed by atoms with Gasteiger partial charge in [-0.05, 0) is 63.5 Å². The molecule has 2 rings (SSSR count). The zero-order chi connectivity index (χ0) is 26.6. The van der Waals surface area contributed by atoms with Crippen molar-refractivity contribution in [1.82, 2.24) is 5.32 Å². The van der Waals surface area contributed by atoms with Crippen molar-refractivity contribution < 1.29 is 33.8 Å². The summed E-state index contributed by atoms with van der Waals surface area (Å²) in [6.07, 6.45) is 2.69. The average Bonchev–Trinajstić information content (AvgIpc) is 2.86. The highest BCUT2D eigenvalue weighted by Gasteiger charge is 2.41. The normalized spacial score (nSPS) is 20.9. The van der Waals surface area contributed by atoms with Crippen LogP contribution in [0, 0.1) is 17.8 Å². The van der Waals surface area contributed by atoms with Gasteiger partial charge in [-0.3, -0.25) is 9.59 Å². The Balaban J connectivity index is 1.83. The van der Waals surface area contributed by atoms with Gasteiger partial charge >= 0.3 is 18.5 Å². The molecule has 0 aliphatic heterocycles. The van der Waals surface area contributed by atoms with Gasteiger partial charge < -0.3 is 31.4 Å². The Labute approximate surface area is 212 Å². The van der Waals surface area contributed by atoms with Crippen LogP contribution < -0.4 is 16.8 Å². The van der Waals surface area contributed by atoms with Crippen molar-refractivity contribution in [2.75, 3.05) is 13.1 Å². The fourth-order valence-electron chi connectivity index (χ4n) is 4.82. The van der Waals surface area contributed by atoms with Crippen molar-refractivity contribution in [1.29, 1.82) is 0 Å². The quantitative estimate of drug-likeness (QED) is 0.280. The highest BCUT2D eigenvalue weighted by molar-refractivity contribution is 5.82. The number of ether oxygens (including phenoxy) is 2. The van der Waals surface area contributed by atoms with Gasteiger partial charge in [0.15, 0.2) is 0 Å². The summed E-state index contributed by atoms with van der Waals surface area (Å²) in [7, 11) is 0. The van der Waals surface area contributed by atoms with Crippen molar-refractivity contribution in [2.24, 2.45) is 29.2 Å². The molecule has 6 N–H and O–H groups in total. The van der Waals surface area contributed by atoms with Crippen molar-refractivity contribution >= 4 is 24.3 Å². The molecule has 0 bridgehead atoms. The molecule has 199 valence electrons. The summed E-state index contributed by atoms with van der Waals surface area (Å²) in [6, 6.07) is 8.26. The molecule has 1 aliphatic rings. The second-order valence-corrected chi connectivity index (χ2v) is 9.76. The van der Waals surface area contributed by atoms with Crippen LogP contribution >= 0.6 is 0 Å². The molecule has 10 heteroatoms. The maximum Gasteiger partial charge on any atom is 0.418 e. The second kappa shape index (κ2) is 14.5. The van der Waals surface area contributed by atoms with E-state index in [9.17, 15) is 24.3 Å². The molecule has 1 radical (unpaired) electrons. The van der Waals surface area contributed by atoms with Gasteiger partial charge in [0.25, 0.3) is 0 Å². The number of alkyl carbamates (subject to hydrolysis) is 1. The van der Waals surface area contributed by atoms with Crippen LogP contribution in [0.4, 0.5) is 4.79 Å². The molecule has 1 aromatic carbocycles. The monoisotopic (exact) mass is 504 g/mol. The van der Waals surface area contributed by atoms with E-state index >= 15 is 0 Å². The summed E-state index contributed by atoms with van der Waals surface area (Å²) in [4.78, 5) is 47.5. The Hall–Kier alpha value is -2.98. The highest BCUT2D eigenvalue weighted by Crippen LogP contribution is 2.36. The number of nitrogens with one attached hydrogen (secondary N) is 1. The largest absolute Gasteiger partial charge is 0.480 e. The number of amides is 1. The van der Waals surface area contributed by atoms with Gasteiger partial charge in [0, 0.05) is 24.8 Å². The minimum absolute atomic E-state index is 0.0246. The Kier molecular flexibility index (Phi) is 11.8. The first-order valence-electron chi connectivity index (χ1n) is 12.4. The number of hydrogen-bond acceptors (Lipinski definition) is 8. The van der Waals surface area contributed by atoms with Crippen LogP contribution in [0.25, 0.3) is 0 Å². The Morgan fingerprint density at radius 1 is 1.19 bits per heavy atom. The number of ketones is 1. The Morgan fingerprint density at radius 2 is 1.86 bits per heavy atom. The minimum Gasteiger partial charge on any atom is -0.480 e. The topological polar surface area (TPSA) is 171 Å². The third-order valence-electron chi connectivity index (χ3n) is 7.08. The lowest BCUT2D eigenvalue weighted by atomic mass is 9.73. The Bertz CT molecular complexity index is 858. The Morgan fingerprint density at radius 3 is 2.44 bits per heavy atom. The number of nitrogens with two attached hydrogens (primary N) is 2. The van der Waals surface area contributed by atoms with E-state index in [-0.39, 0.29) is 43.6 Å². The predicted octanol–water partition coefficient (Wildman–Crippen LogP) is 2.29. The van der Waals surface area contributed by atoms with E-state index in [0.717, 1.165) is 18.4 Å². The number of aliphatic carboxylic acids is 1. The first kappa shape index (κ1) is 29.3. The van der Waals surface area contributed by atoms with E-state index in [2.05, 4.69) is 5.32 Å². The van der Waals surface area contributed by atoms with Crippen LogP contribution in [0.2, 0.25) is 0 Å². The van der Waals surface area contributed by atoms with E-state index < -0.39 is 29.6 Å². The van der Waals surface area contributed by atoms with Gasteiger partial charge in [-0.1, -0.05) is 30.3 Å². The van der Waals surface area contributed by atoms with E-state index in [1.807, 2.05) is 30.3 Å². The number of rotatable bonds is 15. The number of carboxylic acid groups (broad SMARTS) is 1. The number of benzene rings is 1. The summed E-state index contributed by atoms with van der Waals surface area (Å²) in [5, 5.41) is 12.0. The highest BCUT2D eigenvalue weighted by atomic mass is 16.5. The maximum absolute atomic E-state index is 13.1. The molecule has 10 nitrogen and oxygen atoms in total. The third kappa shape index (κ3) is 9.23. The molecule has 1 saturated carbocycles. The number of carbonyl (C=O) groups excluding carboxylic acids is 3. The van der Waals surface area contributed by atoms with Crippen molar-refractivity contribution in [3.05, 3.63) is 35.9 Å². The molecular formula is C26H38N3O7. The first-order valence-corrected chi connectivity index (χ1v) is 12.4. The van der Waals surface area contributed by atoms with Crippen LogP contribution in [0.15, 0.2) is 30.3 Å². The van der Waals surface area contributed by atoms with Gasteiger partial charge in [0.05, 0.1) is 0 Å². The summed E-state index contributed by atoms with van der Waals surface area (Å²) in [5.41, 5.74) is 11.1. The third-order valence-corrected chi connectivity index (χ3v) is 7.08. The summed E-state index contributed by atoms with van der Waals surface area (Å²) < 4.78 is 10.5. The van der Waals surface area contributed by atoms with Crippen LogP contribution in [0.5, 0.6) is 0 Å². The second-order valence-electron chi connectivity index (χ2n) is 9.76. The minimum atomic E-state index is -1.24. The molecule has 1 aliphatic carbocycles. The molecule has 1 amide bonds. The lowest BCUT2D eigenvalue weighted by Crippen LogP contribution is -2.46. The molecule has 1 fully saturated rings. The van der Waals surface area contributed by atoms with Crippen LogP contribution in [0.1, 0.15) is 57.4 Å². The molecule has 0 aromatic heterocycles. The van der Waals surface area contributed by atoms with Crippen LogP contribution in [0.3, 0.4) is 0 Å². The zero-order valence-electron chi connectivity index (χ0n) is 20.8. The molecule has 3 atom stereocenters. The molecule has 0 saturated heterocycles. The van der Waals surface area contributed by atoms with Crippen molar-refractivity contribution in [3.63, 3.8) is 0 Å². The standard InChI is InChI=1S/C26H38N3O7/c1-26(36-17-30,21(11-12-27)13-22(28)24(32)33)14-23(31)20-9-7-18(8-10-20)15-29-25(34)35-16-19-5-3-2-4-6-19/h2-6,18,20-22H,7-16,27-28H2,1H3,(H,29,34)(H,32,33)/t18-,20-,21?,22-,26?/m0/s1. The number of hydrogen-bond donors (Lipinski definition) is 4. The lowest BCUT2D eigenvalue weighted by molar-refractivity contribution is -0.139. The smallest absolute Gasteiger partial charge is 0.418 e. The van der Waals surface area contributed by atoms with Gasteiger partial charge in [-0.2, -0.15) is 0 Å². The SMILES string of the molecule is CC(CC(=O)[C@H]1CC[C@H](CNC(=O)OCc2ccccc2)CC1)(O[C]=O)C(CCN)C[C@H](N)C(=O)O. The average molecular weight is 505 g/mol. The zero-order valence-corrected chi connectivity index (χ0v) is 20.8. The molecule has 0 heterocycles. The summed E-state index contributed by atoms with van der Waals surface area (Å²) in [6.45, 7) is 3.95. The van der Waals surface area contributed by atoms with Gasteiger partial charge in [0.1, 0.15) is 24.0 Å². The van der Waals surface area contributed by atoms with E-state index in [1.54, 1.807) is 6.92 Å². The van der Waals surface area contributed by atoms with Gasteiger partial charge in [-0.15, -0.1) is 0 Å². The van der Waals surface area contributed by atoms with Gasteiger partial charge in [0.2, 0.25) is 0 Å². The first-order chi connectivity index (χ1) is 17.2. The number of Topliss-reactive ketones (excluding diaryl/α,β-unsaturated/α-hetero) is 1. The molecular weight excluding hydrogens is 466 g/mol. The lowest BCUT2D eigenvalue weighted by Gasteiger charge is -2.37. The molecule has 36 heavy (non-hydrogen) atoms. The predicted molar refractivity (Wildman–Crippen MR) is 132 cm³/mol. The van der Waals surface area contributed by atoms with E-state index in [1.165, 1.54) is 6.47 Å². The number of carboxylic acids is 1. The summed E-state index contributed by atoms with van der Waals surface area (Å²) in [5.74, 6) is -1.68. The molecule has 1 aromatic rings. The van der Waals surface area contributed by atoms with Crippen LogP contribution in [-0.2, 0) is 30.5 Å². The summed E-state index contributed by atoms with van der Waals surface area (Å²) >= 11 is 0. The van der Waals surface area contributed by atoms with Crippen LogP contribution in [-0.4, -0.2) is 54.2 Å². The fourth-order valence-corrected chi connectivity index (χ4v) is 4.82. The van der Waals surface area contributed by atoms with E-state index in [0.29, 0.717) is 25.8 Å². The molecule has 0 spiro atoms. The van der Waals surface area contributed by atoms with Crippen molar-refractivity contribution in [3.8, 4) is 0 Å². The van der Waals surface area contributed by atoms with Crippen molar-refractivity contribution in [2.45, 2.75) is 70.1 Å². The maximum atomic E-state index is 13.1. The fraction of sp³-hybridized carbons (Fsp3) is 0.615. The van der Waals surface area contributed by atoms with E-state index in [4.69, 9.17) is 20.9 Å².